The zero-order valence-corrected chi connectivity index (χ0v) is 20.0. The van der Waals surface area contributed by atoms with Crippen molar-refractivity contribution in [3.63, 3.8) is 0 Å². The Labute approximate surface area is 187 Å². The van der Waals surface area contributed by atoms with Crippen LogP contribution in [0, 0.1) is 17.8 Å². The Bertz CT molecular complexity index is 631. The van der Waals surface area contributed by atoms with E-state index in [4.69, 9.17) is 9.73 Å². The van der Waals surface area contributed by atoms with Gasteiger partial charge in [0.1, 0.15) is 0 Å². The lowest BCUT2D eigenvalue weighted by atomic mass is 9.91. The molecule has 1 aliphatic carbocycles. The Morgan fingerprint density at radius 2 is 1.89 bits per heavy atom. The summed E-state index contributed by atoms with van der Waals surface area (Å²) in [5, 5.41) is 3.75. The van der Waals surface area contributed by atoms with Gasteiger partial charge in [-0.15, -0.1) is 24.0 Å². The van der Waals surface area contributed by atoms with Crippen LogP contribution in [0.25, 0.3) is 0 Å². The van der Waals surface area contributed by atoms with E-state index in [0.29, 0.717) is 35.9 Å². The van der Waals surface area contributed by atoms with Gasteiger partial charge in [0.15, 0.2) is 15.8 Å². The smallest absolute Gasteiger partial charge is 0.194 e. The van der Waals surface area contributed by atoms with Crippen LogP contribution in [0.5, 0.6) is 0 Å². The first-order valence-corrected chi connectivity index (χ1v) is 12.8. The van der Waals surface area contributed by atoms with Gasteiger partial charge in [0.25, 0.3) is 0 Å². The predicted molar refractivity (Wildman–Crippen MR) is 123 cm³/mol. The fourth-order valence-corrected chi connectivity index (χ4v) is 7.04. The largest absolute Gasteiger partial charge is 0.381 e. The number of hydrogen-bond donors (Lipinski definition) is 1. The van der Waals surface area contributed by atoms with Crippen LogP contribution in [-0.2, 0) is 14.6 Å². The minimum absolute atomic E-state index is 0. The highest BCUT2D eigenvalue weighted by molar-refractivity contribution is 14.0. The van der Waals surface area contributed by atoms with Crippen LogP contribution >= 0.6 is 24.0 Å². The van der Waals surface area contributed by atoms with E-state index in [1.54, 1.807) is 0 Å². The van der Waals surface area contributed by atoms with Crippen molar-refractivity contribution < 1.29 is 13.2 Å². The second kappa shape index (κ2) is 10.3. The Morgan fingerprint density at radius 3 is 2.57 bits per heavy atom. The van der Waals surface area contributed by atoms with Crippen LogP contribution in [0.15, 0.2) is 4.99 Å². The van der Waals surface area contributed by atoms with Gasteiger partial charge in [0.05, 0.1) is 11.5 Å². The molecule has 6 nitrogen and oxygen atoms in total. The van der Waals surface area contributed by atoms with Gasteiger partial charge in [-0.1, -0.05) is 19.3 Å². The molecule has 162 valence electrons. The van der Waals surface area contributed by atoms with E-state index in [1.165, 1.54) is 44.9 Å². The quantitative estimate of drug-likeness (QED) is 0.347. The molecule has 4 fully saturated rings. The number of guanidine groups is 1. The first-order valence-electron chi connectivity index (χ1n) is 10.9. The van der Waals surface area contributed by atoms with Crippen molar-refractivity contribution in [3.8, 4) is 0 Å². The van der Waals surface area contributed by atoms with Crippen molar-refractivity contribution in [2.75, 3.05) is 44.4 Å². The first-order chi connectivity index (χ1) is 13.1. The fraction of sp³-hybridized carbons (Fsp3) is 0.950. The molecule has 3 aliphatic heterocycles. The summed E-state index contributed by atoms with van der Waals surface area (Å²) in [6, 6.07) is 0.527. The van der Waals surface area contributed by atoms with Gasteiger partial charge in [-0.25, -0.2) is 8.42 Å². The first kappa shape index (κ1) is 22.6. The monoisotopic (exact) mass is 525 g/mol. The van der Waals surface area contributed by atoms with E-state index < -0.39 is 9.84 Å². The number of halogens is 1. The second-order valence-electron chi connectivity index (χ2n) is 9.03. The predicted octanol–water partition coefficient (Wildman–Crippen LogP) is 2.68. The number of rotatable bonds is 4. The third-order valence-electron chi connectivity index (χ3n) is 6.92. The number of aliphatic imine (C=N–C) groups is 1. The SMILES string of the molecule is I.O=S1(=O)CCC(CN=C(NC2CCCCC2)N2CCC(C3CCOC3)C2)C1. The Kier molecular flexibility index (Phi) is 8.30. The third kappa shape index (κ3) is 5.97. The number of sulfone groups is 1. The summed E-state index contributed by atoms with van der Waals surface area (Å²) in [5.74, 6) is 3.29. The molecule has 3 unspecified atom stereocenters. The molecule has 28 heavy (non-hydrogen) atoms. The maximum absolute atomic E-state index is 11.8. The minimum atomic E-state index is -2.83. The molecule has 0 aromatic heterocycles. The van der Waals surface area contributed by atoms with Gasteiger partial charge >= 0.3 is 0 Å². The molecule has 3 saturated heterocycles. The summed E-state index contributed by atoms with van der Waals surface area (Å²) >= 11 is 0. The highest BCUT2D eigenvalue weighted by Crippen LogP contribution is 2.30. The lowest BCUT2D eigenvalue weighted by Gasteiger charge is -2.30. The van der Waals surface area contributed by atoms with Crippen LogP contribution in [0.2, 0.25) is 0 Å². The van der Waals surface area contributed by atoms with Gasteiger partial charge in [-0.3, -0.25) is 4.99 Å². The maximum Gasteiger partial charge on any atom is 0.194 e. The van der Waals surface area contributed by atoms with Crippen LogP contribution in [-0.4, -0.2) is 69.7 Å². The lowest BCUT2D eigenvalue weighted by Crippen LogP contribution is -2.46. The van der Waals surface area contributed by atoms with Crippen molar-refractivity contribution in [3.05, 3.63) is 0 Å². The second-order valence-corrected chi connectivity index (χ2v) is 11.3. The fourth-order valence-electron chi connectivity index (χ4n) is 5.19. The molecule has 8 heteroatoms. The summed E-state index contributed by atoms with van der Waals surface area (Å²) in [6.45, 7) is 4.60. The Balaban J connectivity index is 0.00000225. The number of likely N-dealkylation sites (tertiary alicyclic amines) is 1. The van der Waals surface area contributed by atoms with Crippen molar-refractivity contribution in [1.29, 1.82) is 0 Å². The lowest BCUT2D eigenvalue weighted by molar-refractivity contribution is 0.173. The van der Waals surface area contributed by atoms with E-state index in [2.05, 4.69) is 10.2 Å². The Hall–Kier alpha value is -0.0900. The van der Waals surface area contributed by atoms with Crippen LogP contribution < -0.4 is 5.32 Å². The van der Waals surface area contributed by atoms with Crippen molar-refractivity contribution in [2.24, 2.45) is 22.7 Å². The average Bonchev–Trinajstić information content (AvgIpc) is 3.40. The number of nitrogens with zero attached hydrogens (tertiary/aromatic N) is 2. The molecule has 4 rings (SSSR count). The van der Waals surface area contributed by atoms with Crippen LogP contribution in [0.1, 0.15) is 51.4 Å². The van der Waals surface area contributed by atoms with Gasteiger partial charge in [-0.05, 0) is 49.9 Å². The van der Waals surface area contributed by atoms with E-state index in [-0.39, 0.29) is 29.9 Å². The molecule has 1 saturated carbocycles. The molecular formula is C20H36IN3O3S. The van der Waals surface area contributed by atoms with Gasteiger partial charge in [0.2, 0.25) is 0 Å². The van der Waals surface area contributed by atoms with E-state index in [0.717, 1.165) is 38.7 Å². The van der Waals surface area contributed by atoms with Crippen molar-refractivity contribution in [2.45, 2.75) is 57.4 Å². The van der Waals surface area contributed by atoms with Crippen molar-refractivity contribution in [1.82, 2.24) is 10.2 Å². The summed E-state index contributed by atoms with van der Waals surface area (Å²) in [5.41, 5.74) is 0. The normalized spacial score (nSPS) is 33.8. The third-order valence-corrected chi connectivity index (χ3v) is 8.76. The molecule has 3 atom stereocenters. The van der Waals surface area contributed by atoms with Gasteiger partial charge < -0.3 is 15.0 Å². The summed E-state index contributed by atoms with van der Waals surface area (Å²) in [7, 11) is -2.83. The average molecular weight is 525 g/mol. The standard InChI is InChI=1S/C20H35N3O3S.HI/c24-27(25)11-8-16(15-27)12-21-20(22-19-4-2-1-3-5-19)23-9-6-17(13-23)18-7-10-26-14-18;/h16-19H,1-15H2,(H,21,22);1H. The molecule has 0 amide bonds. The molecule has 3 heterocycles. The highest BCUT2D eigenvalue weighted by atomic mass is 127. The highest BCUT2D eigenvalue weighted by Gasteiger charge is 2.34. The molecule has 1 N–H and O–H groups in total. The van der Waals surface area contributed by atoms with Crippen LogP contribution in [0.3, 0.4) is 0 Å². The number of nitrogens with one attached hydrogen (secondary N) is 1. The number of ether oxygens (including phenoxy) is 1. The Morgan fingerprint density at radius 1 is 1.07 bits per heavy atom. The molecule has 0 bridgehead atoms. The molecular weight excluding hydrogens is 489 g/mol. The van der Waals surface area contributed by atoms with Crippen LogP contribution in [0.4, 0.5) is 0 Å². The minimum Gasteiger partial charge on any atom is -0.381 e. The van der Waals surface area contributed by atoms with Gasteiger partial charge in [-0.2, -0.15) is 0 Å². The maximum atomic E-state index is 11.8. The van der Waals surface area contributed by atoms with Gasteiger partial charge in [0, 0.05) is 38.9 Å². The molecule has 0 radical (unpaired) electrons. The topological polar surface area (TPSA) is 71.0 Å². The molecule has 0 aromatic carbocycles. The summed E-state index contributed by atoms with van der Waals surface area (Å²) in [6.07, 6.45) is 9.58. The molecule has 0 aromatic rings. The zero-order valence-electron chi connectivity index (χ0n) is 16.9. The summed E-state index contributed by atoms with van der Waals surface area (Å²) in [4.78, 5) is 7.38. The van der Waals surface area contributed by atoms with E-state index in [9.17, 15) is 8.42 Å². The van der Waals surface area contributed by atoms with E-state index in [1.807, 2.05) is 0 Å². The number of hydrogen-bond acceptors (Lipinski definition) is 4. The molecule has 4 aliphatic rings. The summed E-state index contributed by atoms with van der Waals surface area (Å²) < 4.78 is 29.1. The van der Waals surface area contributed by atoms with Crippen molar-refractivity contribution >= 4 is 39.8 Å². The zero-order chi connectivity index (χ0) is 18.7. The van der Waals surface area contributed by atoms with E-state index >= 15 is 0 Å². The molecule has 0 spiro atoms.